The molecule has 0 bridgehead atoms. The zero-order chi connectivity index (χ0) is 18.9. The summed E-state index contributed by atoms with van der Waals surface area (Å²) >= 11 is 12.1. The van der Waals surface area contributed by atoms with Gasteiger partial charge in [-0.05, 0) is 19.9 Å². The molecular formula is C15H14Cl2F2N2O4. The Morgan fingerprint density at radius 3 is 2.40 bits per heavy atom. The summed E-state index contributed by atoms with van der Waals surface area (Å²) in [5.74, 6) is -1.02. The third-order valence-electron chi connectivity index (χ3n) is 3.31. The van der Waals surface area contributed by atoms with Crippen LogP contribution in [0.15, 0.2) is 12.1 Å². The quantitative estimate of drug-likeness (QED) is 0.773. The molecule has 1 atom stereocenters. The number of hydrogen-bond acceptors (Lipinski definition) is 4. The van der Waals surface area contributed by atoms with E-state index in [-0.39, 0.29) is 33.0 Å². The van der Waals surface area contributed by atoms with E-state index in [4.69, 9.17) is 37.8 Å². The largest absolute Gasteiger partial charge is 0.479 e. The summed E-state index contributed by atoms with van der Waals surface area (Å²) in [6.07, 6.45) is -3.91. The number of nitrogens with zero attached hydrogens (tertiary/aromatic N) is 2. The fraction of sp³-hybridized carbons (Fsp3) is 0.333. The molecule has 0 saturated heterocycles. The Labute approximate surface area is 151 Å². The minimum Gasteiger partial charge on any atom is -0.479 e. The zero-order valence-corrected chi connectivity index (χ0v) is 14.9. The minimum atomic E-state index is -2.75. The number of aliphatic carboxylic acids is 1. The van der Waals surface area contributed by atoms with Gasteiger partial charge in [0.2, 0.25) is 5.88 Å². The molecule has 0 aliphatic carbocycles. The molecule has 136 valence electrons. The average molecular weight is 395 g/mol. The van der Waals surface area contributed by atoms with Crippen molar-refractivity contribution >= 4 is 29.2 Å². The number of benzene rings is 1. The monoisotopic (exact) mass is 394 g/mol. The molecule has 2 rings (SSSR count). The molecule has 0 spiro atoms. The average Bonchev–Trinajstić information content (AvgIpc) is 2.79. The summed E-state index contributed by atoms with van der Waals surface area (Å²) in [7, 11) is 1.45. The van der Waals surface area contributed by atoms with E-state index in [0.29, 0.717) is 0 Å². The first-order valence-electron chi connectivity index (χ1n) is 6.99. The number of alkyl halides is 2. The van der Waals surface area contributed by atoms with Crippen molar-refractivity contribution in [3.63, 3.8) is 0 Å². The molecule has 6 nitrogen and oxygen atoms in total. The van der Waals surface area contributed by atoms with Crippen LogP contribution in [0.25, 0.3) is 0 Å². The first kappa shape index (κ1) is 19.3. The maximum atomic E-state index is 12.9. The van der Waals surface area contributed by atoms with Crippen LogP contribution in [-0.4, -0.2) is 27.0 Å². The standard InChI is InChI=1S/C15H14Cl2F2N2O4/c1-6-12(13(18)19)20-21(3)14(6)25-11-5-10(8(16)4-9(11)17)24-7(2)15(22)23/h4-5,7,13H,1-3H3,(H,22,23)/t7-/m0/s1. The topological polar surface area (TPSA) is 73.6 Å². The number of carboxylic acids is 1. The summed E-state index contributed by atoms with van der Waals surface area (Å²) in [4.78, 5) is 10.9. The molecule has 2 aromatic rings. The van der Waals surface area contributed by atoms with Crippen molar-refractivity contribution in [1.82, 2.24) is 9.78 Å². The van der Waals surface area contributed by atoms with Crippen LogP contribution < -0.4 is 9.47 Å². The van der Waals surface area contributed by atoms with E-state index in [1.54, 1.807) is 0 Å². The third-order valence-corrected chi connectivity index (χ3v) is 3.90. The predicted molar refractivity (Wildman–Crippen MR) is 87.2 cm³/mol. The lowest BCUT2D eigenvalue weighted by molar-refractivity contribution is -0.144. The molecule has 0 amide bonds. The van der Waals surface area contributed by atoms with Crippen molar-refractivity contribution in [2.75, 3.05) is 0 Å². The summed E-state index contributed by atoms with van der Waals surface area (Å²) in [5, 5.41) is 12.8. The molecule has 0 radical (unpaired) electrons. The normalized spacial score (nSPS) is 12.3. The van der Waals surface area contributed by atoms with Crippen LogP contribution in [-0.2, 0) is 11.8 Å². The first-order valence-corrected chi connectivity index (χ1v) is 7.75. The molecule has 0 unspecified atom stereocenters. The number of carbonyl (C=O) groups is 1. The molecule has 10 heteroatoms. The van der Waals surface area contributed by atoms with Gasteiger partial charge in [-0.3, -0.25) is 0 Å². The minimum absolute atomic E-state index is 0.0323. The van der Waals surface area contributed by atoms with Crippen molar-refractivity contribution in [3.05, 3.63) is 33.4 Å². The Balaban J connectivity index is 2.39. The Hall–Kier alpha value is -2.06. The van der Waals surface area contributed by atoms with E-state index in [0.717, 1.165) is 4.68 Å². The van der Waals surface area contributed by atoms with E-state index in [2.05, 4.69) is 5.10 Å². The van der Waals surface area contributed by atoms with Crippen LogP contribution in [0.5, 0.6) is 17.4 Å². The summed E-state index contributed by atoms with van der Waals surface area (Å²) in [6.45, 7) is 2.77. The molecule has 1 aromatic carbocycles. The highest BCUT2D eigenvalue weighted by molar-refractivity contribution is 6.36. The van der Waals surface area contributed by atoms with Gasteiger partial charge in [0.25, 0.3) is 6.43 Å². The number of carboxylic acid groups (broad SMARTS) is 1. The number of aromatic nitrogens is 2. The number of rotatable bonds is 6. The van der Waals surface area contributed by atoms with E-state index in [1.165, 1.54) is 33.0 Å². The van der Waals surface area contributed by atoms with Crippen LogP contribution in [0.2, 0.25) is 10.0 Å². The fourth-order valence-corrected chi connectivity index (χ4v) is 2.47. The van der Waals surface area contributed by atoms with Crippen LogP contribution in [0.3, 0.4) is 0 Å². The molecule has 0 aliphatic rings. The van der Waals surface area contributed by atoms with Crippen molar-refractivity contribution in [2.45, 2.75) is 26.4 Å². The number of hydrogen-bond donors (Lipinski definition) is 1. The van der Waals surface area contributed by atoms with Crippen LogP contribution in [0.4, 0.5) is 8.78 Å². The van der Waals surface area contributed by atoms with Crippen molar-refractivity contribution in [3.8, 4) is 17.4 Å². The lowest BCUT2D eigenvalue weighted by Crippen LogP contribution is -2.23. The molecular weight excluding hydrogens is 381 g/mol. The molecule has 0 fully saturated rings. The van der Waals surface area contributed by atoms with Crippen molar-refractivity contribution in [1.29, 1.82) is 0 Å². The molecule has 25 heavy (non-hydrogen) atoms. The first-order chi connectivity index (χ1) is 11.6. The van der Waals surface area contributed by atoms with E-state index >= 15 is 0 Å². The highest BCUT2D eigenvalue weighted by atomic mass is 35.5. The van der Waals surface area contributed by atoms with Crippen molar-refractivity contribution < 1.29 is 28.2 Å². The van der Waals surface area contributed by atoms with E-state index in [9.17, 15) is 13.6 Å². The molecule has 0 aliphatic heterocycles. The summed E-state index contributed by atoms with van der Waals surface area (Å²) in [6, 6.07) is 2.60. The highest BCUT2D eigenvalue weighted by Crippen LogP contribution is 2.40. The second kappa shape index (κ2) is 7.45. The summed E-state index contributed by atoms with van der Waals surface area (Å²) < 4.78 is 37.8. The fourth-order valence-electron chi connectivity index (χ4n) is 2.01. The van der Waals surface area contributed by atoms with Gasteiger partial charge >= 0.3 is 5.97 Å². The van der Waals surface area contributed by atoms with Gasteiger partial charge in [-0.1, -0.05) is 23.2 Å². The lowest BCUT2D eigenvalue weighted by Gasteiger charge is -2.15. The second-order valence-electron chi connectivity index (χ2n) is 5.15. The number of ether oxygens (including phenoxy) is 2. The Morgan fingerprint density at radius 2 is 1.88 bits per heavy atom. The smallest absolute Gasteiger partial charge is 0.344 e. The predicted octanol–water partition coefficient (Wildman–Crippen LogP) is 4.62. The van der Waals surface area contributed by atoms with Gasteiger partial charge in [0, 0.05) is 18.7 Å². The molecule has 1 aromatic heterocycles. The Kier molecular flexibility index (Phi) is 5.74. The maximum absolute atomic E-state index is 12.9. The molecule has 1 heterocycles. The van der Waals surface area contributed by atoms with Crippen molar-refractivity contribution in [2.24, 2.45) is 7.05 Å². The molecule has 0 saturated carbocycles. The Morgan fingerprint density at radius 1 is 1.28 bits per heavy atom. The van der Waals surface area contributed by atoms with Gasteiger partial charge in [0.1, 0.15) is 11.4 Å². The van der Waals surface area contributed by atoms with Gasteiger partial charge in [-0.25, -0.2) is 18.3 Å². The van der Waals surface area contributed by atoms with Gasteiger partial charge in [-0.2, -0.15) is 5.10 Å². The van der Waals surface area contributed by atoms with E-state index in [1.807, 2.05) is 0 Å². The lowest BCUT2D eigenvalue weighted by atomic mass is 10.2. The number of halogens is 4. The molecule has 1 N–H and O–H groups in total. The van der Waals surface area contributed by atoms with Gasteiger partial charge in [0.05, 0.1) is 10.0 Å². The number of aryl methyl sites for hydroxylation is 1. The van der Waals surface area contributed by atoms with Crippen LogP contribution >= 0.6 is 23.2 Å². The van der Waals surface area contributed by atoms with Gasteiger partial charge in [-0.15, -0.1) is 0 Å². The van der Waals surface area contributed by atoms with Gasteiger partial charge in [0.15, 0.2) is 11.9 Å². The highest BCUT2D eigenvalue weighted by Gasteiger charge is 2.23. The van der Waals surface area contributed by atoms with E-state index < -0.39 is 24.2 Å². The maximum Gasteiger partial charge on any atom is 0.344 e. The van der Waals surface area contributed by atoms with Crippen LogP contribution in [0, 0.1) is 6.92 Å². The van der Waals surface area contributed by atoms with Crippen LogP contribution in [0.1, 0.15) is 24.6 Å². The van der Waals surface area contributed by atoms with Gasteiger partial charge < -0.3 is 14.6 Å². The second-order valence-corrected chi connectivity index (χ2v) is 5.97. The summed E-state index contributed by atoms with van der Waals surface area (Å²) in [5.41, 5.74) is -0.247. The zero-order valence-electron chi connectivity index (χ0n) is 13.4. The SMILES string of the molecule is Cc1c(C(F)F)nn(C)c1Oc1cc(O[C@@H](C)C(=O)O)c(Cl)cc1Cl. The Bertz CT molecular complexity index is 811. The third kappa shape index (κ3) is 4.13.